The average Bonchev–Trinajstić information content (AvgIpc) is 3.65. The first-order valence-electron chi connectivity index (χ1n) is 14.3. The van der Waals surface area contributed by atoms with Crippen LogP contribution in [0, 0.1) is 11.2 Å². The number of halogens is 3. The molecule has 10 heteroatoms. The summed E-state index contributed by atoms with van der Waals surface area (Å²) in [6, 6.07) is 10.2. The lowest BCUT2D eigenvalue weighted by Crippen LogP contribution is -2.61. The van der Waals surface area contributed by atoms with Crippen molar-refractivity contribution in [3.8, 4) is 16.9 Å². The monoisotopic (exact) mass is 571 g/mol. The van der Waals surface area contributed by atoms with Crippen LogP contribution in [0.5, 0.6) is 5.75 Å². The third kappa shape index (κ3) is 5.76. The molecule has 4 aliphatic rings. The fourth-order valence-corrected chi connectivity index (χ4v) is 6.23. The number of benzene rings is 2. The van der Waals surface area contributed by atoms with E-state index in [2.05, 4.69) is 15.0 Å². The minimum Gasteiger partial charge on any atom is -0.487 e. The van der Waals surface area contributed by atoms with Gasteiger partial charge in [-0.2, -0.15) is 0 Å². The van der Waals surface area contributed by atoms with Crippen molar-refractivity contribution < 1.29 is 32.6 Å². The van der Waals surface area contributed by atoms with Crippen LogP contribution < -0.4 is 4.74 Å². The van der Waals surface area contributed by atoms with E-state index < -0.39 is 29.5 Å². The third-order valence-corrected chi connectivity index (χ3v) is 8.88. The van der Waals surface area contributed by atoms with Crippen molar-refractivity contribution in [2.75, 3.05) is 32.8 Å². The predicted molar refractivity (Wildman–Crippen MR) is 148 cm³/mol. The molecular formula is C31H36F3N3O4. The number of nitrogens with zero attached hydrogens (tertiary/aromatic N) is 3. The van der Waals surface area contributed by atoms with E-state index in [9.17, 15) is 23.1 Å². The number of ether oxygens (including phenoxy) is 1. The number of aliphatic carboxylic acids is 1. The smallest absolute Gasteiger partial charge is 0.309 e. The normalized spacial score (nSPS) is 21.8. The molecule has 0 atom stereocenters. The lowest BCUT2D eigenvalue weighted by molar-refractivity contribution is -0.150. The molecule has 1 N–H and O–H groups in total. The van der Waals surface area contributed by atoms with Gasteiger partial charge in [-0.25, -0.2) is 13.2 Å². The summed E-state index contributed by atoms with van der Waals surface area (Å²) in [5.74, 6) is -2.46. The van der Waals surface area contributed by atoms with Gasteiger partial charge < -0.3 is 19.6 Å². The van der Waals surface area contributed by atoms with Crippen molar-refractivity contribution in [1.29, 1.82) is 0 Å². The molecule has 0 bridgehead atoms. The summed E-state index contributed by atoms with van der Waals surface area (Å²) in [4.78, 5) is 21.8. The second-order valence-corrected chi connectivity index (χ2v) is 12.6. The van der Waals surface area contributed by atoms with Crippen LogP contribution in [0.3, 0.4) is 0 Å². The Kier molecular flexibility index (Phi) is 6.95. The van der Waals surface area contributed by atoms with Crippen LogP contribution in [0.2, 0.25) is 0 Å². The summed E-state index contributed by atoms with van der Waals surface area (Å²) in [5, 5.41) is 13.9. The molecule has 220 valence electrons. The second-order valence-electron chi connectivity index (χ2n) is 12.6. The van der Waals surface area contributed by atoms with Crippen molar-refractivity contribution in [3.63, 3.8) is 0 Å². The van der Waals surface area contributed by atoms with Crippen LogP contribution >= 0.6 is 0 Å². The van der Waals surface area contributed by atoms with Crippen molar-refractivity contribution >= 4 is 11.8 Å². The summed E-state index contributed by atoms with van der Waals surface area (Å²) in [5.41, 5.74) is 2.38. The molecule has 2 aromatic rings. The summed E-state index contributed by atoms with van der Waals surface area (Å²) < 4.78 is 47.4. The molecular weight excluding hydrogens is 535 g/mol. The van der Waals surface area contributed by atoms with Gasteiger partial charge in [0.15, 0.2) is 12.2 Å². The molecule has 1 aliphatic carbocycles. The number of hydrogen-bond donors (Lipinski definition) is 1. The van der Waals surface area contributed by atoms with E-state index in [0.717, 1.165) is 47.9 Å². The van der Waals surface area contributed by atoms with Crippen molar-refractivity contribution in [1.82, 2.24) is 9.80 Å². The van der Waals surface area contributed by atoms with Crippen LogP contribution in [0.4, 0.5) is 13.2 Å². The van der Waals surface area contributed by atoms with Gasteiger partial charge in [-0.05, 0) is 61.8 Å². The van der Waals surface area contributed by atoms with Gasteiger partial charge in [0.2, 0.25) is 0 Å². The molecule has 3 fully saturated rings. The predicted octanol–water partition coefficient (Wildman–Crippen LogP) is 5.88. The summed E-state index contributed by atoms with van der Waals surface area (Å²) in [7, 11) is 0. The highest BCUT2D eigenvalue weighted by molar-refractivity contribution is 5.85. The number of carboxylic acids is 1. The topological polar surface area (TPSA) is 74.6 Å². The molecule has 2 aromatic carbocycles. The van der Waals surface area contributed by atoms with Crippen molar-refractivity contribution in [2.45, 2.75) is 69.9 Å². The minimum atomic E-state index is -2.98. The first-order chi connectivity index (χ1) is 19.4. The Balaban J connectivity index is 1.16. The maximum atomic E-state index is 13.9. The van der Waals surface area contributed by atoms with Crippen LogP contribution in [-0.4, -0.2) is 71.0 Å². The van der Waals surface area contributed by atoms with Gasteiger partial charge in [-0.3, -0.25) is 9.69 Å². The van der Waals surface area contributed by atoms with Gasteiger partial charge in [-0.1, -0.05) is 29.4 Å². The Morgan fingerprint density at radius 3 is 2.44 bits per heavy atom. The number of carboxylic acid groups (broad SMARTS) is 1. The van der Waals surface area contributed by atoms with Crippen molar-refractivity contribution in [2.24, 2.45) is 10.6 Å². The van der Waals surface area contributed by atoms with E-state index in [1.807, 2.05) is 12.1 Å². The number of piperidine rings is 1. The SMILES string of the molecule is CC(F)(F)COc1c(CN2CC3(CC(N4CCC(C)(C(=O)O)CC4)=NO3)C2)ccc(-c2ccc(F)cc2)c1C1CC1. The summed E-state index contributed by atoms with van der Waals surface area (Å²) in [6.07, 6.45) is 3.71. The Morgan fingerprint density at radius 2 is 1.83 bits per heavy atom. The van der Waals surface area contributed by atoms with Gasteiger partial charge in [0.25, 0.3) is 5.92 Å². The van der Waals surface area contributed by atoms with E-state index in [0.29, 0.717) is 57.7 Å². The lowest BCUT2D eigenvalue weighted by atomic mass is 9.80. The largest absolute Gasteiger partial charge is 0.487 e. The molecule has 0 radical (unpaired) electrons. The highest BCUT2D eigenvalue weighted by atomic mass is 19.3. The molecule has 0 aromatic heterocycles. The number of likely N-dealkylation sites (tertiary alicyclic amines) is 2. The van der Waals surface area contributed by atoms with Gasteiger partial charge in [-0.15, -0.1) is 0 Å². The fraction of sp³-hybridized carbons (Fsp3) is 0.548. The maximum Gasteiger partial charge on any atom is 0.309 e. The maximum absolute atomic E-state index is 13.9. The molecule has 3 heterocycles. The molecule has 41 heavy (non-hydrogen) atoms. The van der Waals surface area contributed by atoms with Gasteiger partial charge in [0.05, 0.1) is 11.8 Å². The van der Waals surface area contributed by atoms with Gasteiger partial charge >= 0.3 is 5.97 Å². The average molecular weight is 572 g/mol. The molecule has 3 aliphatic heterocycles. The lowest BCUT2D eigenvalue weighted by Gasteiger charge is -2.46. The molecule has 1 saturated carbocycles. The second kappa shape index (κ2) is 10.2. The number of rotatable bonds is 8. The Bertz CT molecular complexity index is 1340. The number of alkyl halides is 2. The van der Waals surface area contributed by atoms with Crippen LogP contribution in [0.25, 0.3) is 11.1 Å². The fourth-order valence-electron chi connectivity index (χ4n) is 6.23. The quantitative estimate of drug-likeness (QED) is 0.427. The third-order valence-electron chi connectivity index (χ3n) is 8.88. The molecule has 1 spiro atoms. The zero-order valence-electron chi connectivity index (χ0n) is 23.5. The number of carbonyl (C=O) groups is 1. The van der Waals surface area contributed by atoms with Gasteiger partial charge in [0.1, 0.15) is 17.4 Å². The molecule has 7 nitrogen and oxygen atoms in total. The van der Waals surface area contributed by atoms with Crippen LogP contribution in [-0.2, 0) is 16.2 Å². The first kappa shape index (κ1) is 27.9. The van der Waals surface area contributed by atoms with Crippen molar-refractivity contribution in [3.05, 3.63) is 53.3 Å². The van der Waals surface area contributed by atoms with Crippen LogP contribution in [0.15, 0.2) is 41.6 Å². The number of amidine groups is 1. The molecule has 6 rings (SSSR count). The molecule has 0 unspecified atom stereocenters. The number of oxime groups is 1. The Morgan fingerprint density at radius 1 is 1.15 bits per heavy atom. The first-order valence-corrected chi connectivity index (χ1v) is 14.3. The van der Waals surface area contributed by atoms with Gasteiger partial charge in [0, 0.05) is 50.8 Å². The highest BCUT2D eigenvalue weighted by Crippen LogP contribution is 2.51. The van der Waals surface area contributed by atoms with E-state index in [1.165, 1.54) is 12.1 Å². The standard InChI is InChI=1S/C31H36F3N3O4/c1-29(28(38)39)11-13-37(14-12-29)25-15-31(41-35-25)17-36(18-31)16-22-7-10-24(20-5-8-23(32)9-6-20)26(21-3-4-21)27(22)40-19-30(2,33)34/h5-10,21H,3-4,11-19H2,1-2H3,(H,38,39). The molecule has 2 saturated heterocycles. The Labute approximate surface area is 237 Å². The highest BCUT2D eigenvalue weighted by Gasteiger charge is 2.51. The van der Waals surface area contributed by atoms with E-state index in [-0.39, 0.29) is 11.7 Å². The van der Waals surface area contributed by atoms with E-state index in [4.69, 9.17) is 9.57 Å². The zero-order chi connectivity index (χ0) is 29.0. The van der Waals surface area contributed by atoms with E-state index >= 15 is 0 Å². The summed E-state index contributed by atoms with van der Waals surface area (Å²) in [6.45, 7) is 5.01. The van der Waals surface area contributed by atoms with E-state index in [1.54, 1.807) is 19.1 Å². The van der Waals surface area contributed by atoms with Crippen LogP contribution in [0.1, 0.15) is 63.0 Å². The Hall–Kier alpha value is -3.27. The zero-order valence-corrected chi connectivity index (χ0v) is 23.5. The minimum absolute atomic E-state index is 0.222. The molecule has 0 amide bonds. The number of hydrogen-bond acceptors (Lipinski definition) is 6. The summed E-state index contributed by atoms with van der Waals surface area (Å²) >= 11 is 0.